The Bertz CT molecular complexity index is 226. The molecule has 3 atom stereocenters. The predicted molar refractivity (Wildman–Crippen MR) is 36.0 cm³/mol. The molecule has 1 aliphatic carbocycles. The Labute approximate surface area is 63.6 Å². The van der Waals surface area contributed by atoms with Crippen LogP contribution >= 0.6 is 0 Å². The van der Waals surface area contributed by atoms with Crippen LogP contribution in [0, 0.1) is 11.8 Å². The van der Waals surface area contributed by atoms with Gasteiger partial charge < -0.3 is 10.4 Å². The lowest BCUT2D eigenvalue weighted by Crippen LogP contribution is -2.43. The van der Waals surface area contributed by atoms with Gasteiger partial charge in [-0.05, 0) is 0 Å². The summed E-state index contributed by atoms with van der Waals surface area (Å²) in [6.45, 7) is 0.556. The van der Waals surface area contributed by atoms with E-state index in [-0.39, 0.29) is 17.6 Å². The van der Waals surface area contributed by atoms with Crippen LogP contribution in [0.25, 0.3) is 0 Å². The summed E-state index contributed by atoms with van der Waals surface area (Å²) in [4.78, 5) is 21.4. The maximum atomic E-state index is 10.8. The molecule has 2 fully saturated rings. The third-order valence-electron chi connectivity index (χ3n) is 2.62. The summed E-state index contributed by atoms with van der Waals surface area (Å²) in [6.07, 6.45) is 0.453. The molecule has 0 aromatic rings. The van der Waals surface area contributed by atoms with Gasteiger partial charge in [0, 0.05) is 24.8 Å². The maximum absolute atomic E-state index is 10.8. The van der Waals surface area contributed by atoms with Gasteiger partial charge in [0.05, 0.1) is 0 Å². The van der Waals surface area contributed by atoms with Crippen molar-refractivity contribution in [1.29, 1.82) is 0 Å². The van der Waals surface area contributed by atoms with Gasteiger partial charge in [-0.25, -0.2) is 0 Å². The van der Waals surface area contributed by atoms with Crippen molar-refractivity contribution in [2.24, 2.45) is 11.8 Å². The number of nitrogens with one attached hydrogen (secondary N) is 1. The van der Waals surface area contributed by atoms with E-state index in [1.807, 2.05) is 0 Å². The van der Waals surface area contributed by atoms with Crippen LogP contribution < -0.4 is 5.32 Å². The van der Waals surface area contributed by atoms with Gasteiger partial charge in [-0.2, -0.15) is 0 Å². The molecule has 1 saturated carbocycles. The molecule has 2 aliphatic rings. The second kappa shape index (κ2) is 2.04. The fourth-order valence-electron chi connectivity index (χ4n) is 1.90. The molecule has 3 unspecified atom stereocenters. The van der Waals surface area contributed by atoms with E-state index in [1.54, 1.807) is 0 Å². The molecular weight excluding hydrogens is 146 g/mol. The third kappa shape index (κ3) is 0.790. The van der Waals surface area contributed by atoms with Gasteiger partial charge in [-0.15, -0.1) is 0 Å². The van der Waals surface area contributed by atoms with Crippen molar-refractivity contribution in [3.05, 3.63) is 0 Å². The fourth-order valence-corrected chi connectivity index (χ4v) is 1.90. The Kier molecular flexibility index (Phi) is 1.26. The van der Waals surface area contributed by atoms with E-state index in [2.05, 4.69) is 5.32 Å². The zero-order chi connectivity index (χ0) is 8.01. The molecule has 1 saturated heterocycles. The second-order valence-corrected chi connectivity index (χ2v) is 3.16. The number of Topliss-reactive ketones (excluding diaryl/α,β-unsaturated/α-hetero) is 1. The summed E-state index contributed by atoms with van der Waals surface area (Å²) < 4.78 is 0. The van der Waals surface area contributed by atoms with Crippen molar-refractivity contribution < 1.29 is 14.7 Å². The highest BCUT2D eigenvalue weighted by Gasteiger charge is 2.51. The lowest BCUT2D eigenvalue weighted by atomic mass is 9.72. The summed E-state index contributed by atoms with van der Waals surface area (Å²) >= 11 is 0. The van der Waals surface area contributed by atoms with Crippen LogP contribution in [-0.2, 0) is 9.59 Å². The molecule has 0 aromatic heterocycles. The van der Waals surface area contributed by atoms with E-state index in [0.717, 1.165) is 0 Å². The minimum absolute atomic E-state index is 0.00361. The molecular formula is C7H9NO3. The average molecular weight is 155 g/mol. The van der Waals surface area contributed by atoms with Crippen LogP contribution in [0.1, 0.15) is 6.42 Å². The first-order chi connectivity index (χ1) is 5.20. The minimum Gasteiger partial charge on any atom is -0.480 e. The molecule has 0 aromatic carbocycles. The molecule has 2 rings (SSSR count). The largest absolute Gasteiger partial charge is 0.480 e. The highest BCUT2D eigenvalue weighted by Crippen LogP contribution is 2.37. The Morgan fingerprint density at radius 3 is 2.82 bits per heavy atom. The Morgan fingerprint density at radius 1 is 1.64 bits per heavy atom. The van der Waals surface area contributed by atoms with Gasteiger partial charge in [0.1, 0.15) is 11.8 Å². The smallest absolute Gasteiger partial charge is 0.321 e. The number of fused-ring (bicyclic) bond motifs is 1. The van der Waals surface area contributed by atoms with Gasteiger partial charge in [0.2, 0.25) is 0 Å². The number of aliphatic carboxylic acids is 1. The average Bonchev–Trinajstić information content (AvgIpc) is 2.25. The van der Waals surface area contributed by atoms with E-state index in [4.69, 9.17) is 5.11 Å². The number of rotatable bonds is 1. The summed E-state index contributed by atoms with van der Waals surface area (Å²) in [6, 6.07) is -0.474. The normalized spacial score (nSPS) is 41.5. The zero-order valence-corrected chi connectivity index (χ0v) is 5.91. The molecule has 0 amide bonds. The van der Waals surface area contributed by atoms with Crippen molar-refractivity contribution in [3.63, 3.8) is 0 Å². The van der Waals surface area contributed by atoms with Gasteiger partial charge in [-0.3, -0.25) is 9.59 Å². The van der Waals surface area contributed by atoms with Crippen molar-refractivity contribution in [2.75, 3.05) is 6.54 Å². The summed E-state index contributed by atoms with van der Waals surface area (Å²) in [5.41, 5.74) is 0. The Hall–Kier alpha value is -0.900. The van der Waals surface area contributed by atoms with Crippen LogP contribution in [0.3, 0.4) is 0 Å². The van der Waals surface area contributed by atoms with Crippen LogP contribution in [0.4, 0.5) is 0 Å². The first-order valence-corrected chi connectivity index (χ1v) is 3.69. The highest BCUT2D eigenvalue weighted by atomic mass is 16.4. The molecule has 2 N–H and O–H groups in total. The lowest BCUT2D eigenvalue weighted by molar-refractivity contribution is -0.143. The van der Waals surface area contributed by atoms with Crippen LogP contribution in [-0.4, -0.2) is 29.4 Å². The fraction of sp³-hybridized carbons (Fsp3) is 0.714. The van der Waals surface area contributed by atoms with Crippen molar-refractivity contribution >= 4 is 11.8 Å². The van der Waals surface area contributed by atoms with E-state index in [0.29, 0.717) is 13.0 Å². The number of carboxylic acid groups (broad SMARTS) is 1. The number of ketones is 1. The van der Waals surface area contributed by atoms with Crippen LogP contribution in [0.2, 0.25) is 0 Å². The molecule has 4 heteroatoms. The number of carbonyl (C=O) groups is 2. The first kappa shape index (κ1) is 6.79. The molecule has 0 radical (unpaired) electrons. The molecule has 0 bridgehead atoms. The summed E-state index contributed by atoms with van der Waals surface area (Å²) in [5.74, 6) is -0.549. The monoisotopic (exact) mass is 155 g/mol. The Morgan fingerprint density at radius 2 is 2.36 bits per heavy atom. The quantitative estimate of drug-likeness (QED) is 0.522. The topological polar surface area (TPSA) is 66.4 Å². The van der Waals surface area contributed by atoms with E-state index in [1.165, 1.54) is 0 Å². The van der Waals surface area contributed by atoms with E-state index >= 15 is 0 Å². The SMILES string of the molecule is O=C1CC2C1CNC2C(=O)O. The molecule has 1 heterocycles. The maximum Gasteiger partial charge on any atom is 0.321 e. The number of carbonyl (C=O) groups excluding carboxylic acids is 1. The highest BCUT2D eigenvalue weighted by molar-refractivity contribution is 5.91. The Balaban J connectivity index is 2.09. The number of carboxylic acids is 1. The van der Waals surface area contributed by atoms with Gasteiger partial charge in [0.25, 0.3) is 0 Å². The van der Waals surface area contributed by atoms with Gasteiger partial charge in [-0.1, -0.05) is 0 Å². The van der Waals surface area contributed by atoms with Crippen LogP contribution in [0.15, 0.2) is 0 Å². The van der Waals surface area contributed by atoms with Crippen LogP contribution in [0.5, 0.6) is 0 Å². The molecule has 4 nitrogen and oxygen atoms in total. The molecule has 0 spiro atoms. The van der Waals surface area contributed by atoms with E-state index < -0.39 is 12.0 Å². The second-order valence-electron chi connectivity index (χ2n) is 3.16. The van der Waals surface area contributed by atoms with Crippen molar-refractivity contribution in [2.45, 2.75) is 12.5 Å². The molecule has 11 heavy (non-hydrogen) atoms. The van der Waals surface area contributed by atoms with Gasteiger partial charge >= 0.3 is 5.97 Å². The molecule has 1 aliphatic heterocycles. The number of hydrogen-bond acceptors (Lipinski definition) is 3. The minimum atomic E-state index is -0.829. The standard InChI is InChI=1S/C7H9NO3/c9-5-1-3-4(5)2-8-6(3)7(10)11/h3-4,6,8H,1-2H2,(H,10,11). The summed E-state index contributed by atoms with van der Waals surface area (Å²) in [5, 5.41) is 11.5. The summed E-state index contributed by atoms with van der Waals surface area (Å²) in [7, 11) is 0. The van der Waals surface area contributed by atoms with E-state index in [9.17, 15) is 9.59 Å². The molecule has 60 valence electrons. The number of hydrogen-bond donors (Lipinski definition) is 2. The first-order valence-electron chi connectivity index (χ1n) is 3.69. The third-order valence-corrected chi connectivity index (χ3v) is 2.62. The predicted octanol–water partition coefficient (Wildman–Crippen LogP) is -0.752. The van der Waals surface area contributed by atoms with Crippen molar-refractivity contribution in [1.82, 2.24) is 5.32 Å². The van der Waals surface area contributed by atoms with Gasteiger partial charge in [0.15, 0.2) is 0 Å². The lowest BCUT2D eigenvalue weighted by Gasteiger charge is -2.29. The van der Waals surface area contributed by atoms with Crippen molar-refractivity contribution in [3.8, 4) is 0 Å². The zero-order valence-electron chi connectivity index (χ0n) is 5.91.